The minimum Gasteiger partial charge on any atom is -0.479 e. The van der Waals surface area contributed by atoms with Crippen LogP contribution in [-0.2, 0) is 24.4 Å². The molecule has 0 saturated heterocycles. The monoisotopic (exact) mass is 538 g/mol. The number of rotatable bonds is 8. The molecule has 0 aliphatic rings. The number of aryl methyl sites for hydroxylation is 1. The lowest BCUT2D eigenvalue weighted by molar-refractivity contribution is -0.144. The predicted molar refractivity (Wildman–Crippen MR) is 142 cm³/mol. The summed E-state index contributed by atoms with van der Waals surface area (Å²) in [4.78, 5) is 24.0. The minimum absolute atomic E-state index is 0.366. The molecule has 1 unspecified atom stereocenters. The largest absolute Gasteiger partial charge is 0.479 e. The van der Waals surface area contributed by atoms with Gasteiger partial charge in [-0.25, -0.2) is 4.79 Å². The molecule has 204 valence electrons. The van der Waals surface area contributed by atoms with E-state index < -0.39 is 29.9 Å². The molecule has 0 bridgehead atoms. The molecule has 0 aliphatic carbocycles. The molecule has 1 amide bonds. The lowest BCUT2D eigenvalue weighted by Crippen LogP contribution is -2.26. The zero-order valence-electron chi connectivity index (χ0n) is 22.0. The maximum absolute atomic E-state index is 13.1. The normalized spacial score (nSPS) is 13.2. The summed E-state index contributed by atoms with van der Waals surface area (Å²) in [5.74, 6) is -0.949. The van der Waals surface area contributed by atoms with Gasteiger partial charge in [0, 0.05) is 29.2 Å². The molecule has 1 heterocycles. The fraction of sp³-hybridized carbons (Fsp3) is 0.267. The molecular weight excluding hydrogens is 509 g/mol. The van der Waals surface area contributed by atoms with Gasteiger partial charge in [-0.1, -0.05) is 30.3 Å². The van der Waals surface area contributed by atoms with E-state index in [2.05, 4.69) is 5.32 Å². The third kappa shape index (κ3) is 6.08. The number of benzene rings is 3. The summed E-state index contributed by atoms with van der Waals surface area (Å²) < 4.78 is 46.7. The average Bonchev–Trinajstić information content (AvgIpc) is 3.13. The van der Waals surface area contributed by atoms with E-state index in [4.69, 9.17) is 9.84 Å². The van der Waals surface area contributed by atoms with Gasteiger partial charge in [0.05, 0.1) is 11.6 Å². The number of carboxylic acids is 1. The number of carbonyl (C=O) groups excluding carboxylic acids is 1. The Bertz CT molecular complexity index is 1520. The first kappa shape index (κ1) is 27.8. The van der Waals surface area contributed by atoms with Crippen molar-refractivity contribution in [3.63, 3.8) is 0 Å². The Morgan fingerprint density at radius 1 is 1.03 bits per heavy atom. The van der Waals surface area contributed by atoms with Crippen molar-refractivity contribution in [2.75, 3.05) is 0 Å². The number of carbonyl (C=O) groups is 2. The number of aromatic nitrogens is 1. The lowest BCUT2D eigenvalue weighted by atomic mass is 10.0. The minimum atomic E-state index is -4.46. The molecule has 2 atom stereocenters. The van der Waals surface area contributed by atoms with Crippen LogP contribution in [0, 0.1) is 6.92 Å². The molecule has 9 heteroatoms. The van der Waals surface area contributed by atoms with Gasteiger partial charge in [0.1, 0.15) is 5.75 Å². The van der Waals surface area contributed by atoms with Gasteiger partial charge in [-0.15, -0.1) is 0 Å². The molecule has 0 fully saturated rings. The number of nitrogens with one attached hydrogen (secondary N) is 1. The molecule has 39 heavy (non-hydrogen) atoms. The zero-order chi connectivity index (χ0) is 28.5. The average molecular weight is 539 g/mol. The van der Waals surface area contributed by atoms with Gasteiger partial charge >= 0.3 is 12.1 Å². The first-order chi connectivity index (χ1) is 18.3. The third-order valence-corrected chi connectivity index (χ3v) is 6.91. The van der Waals surface area contributed by atoms with E-state index >= 15 is 0 Å². The van der Waals surface area contributed by atoms with Crippen molar-refractivity contribution in [1.82, 2.24) is 9.88 Å². The van der Waals surface area contributed by atoms with Gasteiger partial charge in [-0.2, -0.15) is 13.2 Å². The Balaban J connectivity index is 1.53. The topological polar surface area (TPSA) is 80.6 Å². The first-order valence-electron chi connectivity index (χ1n) is 12.4. The maximum Gasteiger partial charge on any atom is 0.416 e. The smallest absolute Gasteiger partial charge is 0.416 e. The second kappa shape index (κ2) is 10.8. The highest BCUT2D eigenvalue weighted by atomic mass is 19.4. The van der Waals surface area contributed by atoms with E-state index in [0.29, 0.717) is 23.3 Å². The van der Waals surface area contributed by atoms with Gasteiger partial charge in [0.15, 0.2) is 6.10 Å². The molecular formula is C30H29F3N2O4. The number of nitrogens with zero attached hydrogens (tertiary/aromatic N) is 1. The molecule has 0 saturated carbocycles. The number of hydrogen-bond acceptors (Lipinski definition) is 3. The number of ether oxygens (including phenoxy) is 1. The predicted octanol–water partition coefficient (Wildman–Crippen LogP) is 6.44. The van der Waals surface area contributed by atoms with Crippen molar-refractivity contribution < 1.29 is 32.6 Å². The number of halogens is 3. The molecule has 0 radical (unpaired) electrons. The second-order valence-electron chi connectivity index (χ2n) is 9.59. The Labute approximate surface area is 224 Å². The number of amides is 1. The molecule has 0 spiro atoms. The number of fused-ring (bicyclic) bond motifs is 1. The molecule has 6 nitrogen and oxygen atoms in total. The fourth-order valence-corrected chi connectivity index (χ4v) is 4.50. The van der Waals surface area contributed by atoms with Crippen LogP contribution in [0.4, 0.5) is 13.2 Å². The van der Waals surface area contributed by atoms with Crippen molar-refractivity contribution in [3.8, 4) is 5.75 Å². The molecule has 1 aromatic heterocycles. The van der Waals surface area contributed by atoms with Crippen LogP contribution in [0.1, 0.15) is 58.2 Å². The van der Waals surface area contributed by atoms with Gasteiger partial charge < -0.3 is 19.7 Å². The van der Waals surface area contributed by atoms with E-state index in [1.54, 1.807) is 37.3 Å². The Hall–Kier alpha value is -4.27. The summed E-state index contributed by atoms with van der Waals surface area (Å²) in [5.41, 5.74) is 4.00. The second-order valence-corrected chi connectivity index (χ2v) is 9.59. The number of hydrogen-bond donors (Lipinski definition) is 2. The van der Waals surface area contributed by atoms with Crippen LogP contribution in [0.15, 0.2) is 66.7 Å². The van der Waals surface area contributed by atoms with E-state index in [1.807, 2.05) is 36.7 Å². The van der Waals surface area contributed by atoms with Crippen LogP contribution in [0.25, 0.3) is 10.9 Å². The fourth-order valence-electron chi connectivity index (χ4n) is 4.50. The van der Waals surface area contributed by atoms with E-state index in [-0.39, 0.29) is 5.91 Å². The molecule has 2 N–H and O–H groups in total. The van der Waals surface area contributed by atoms with Gasteiger partial charge in [-0.05, 0) is 80.3 Å². The van der Waals surface area contributed by atoms with E-state index in [0.717, 1.165) is 39.9 Å². The highest BCUT2D eigenvalue weighted by Crippen LogP contribution is 2.31. The Morgan fingerprint density at radius 3 is 2.36 bits per heavy atom. The summed E-state index contributed by atoms with van der Waals surface area (Å²) in [6, 6.07) is 17.0. The Kier molecular flexibility index (Phi) is 7.72. The van der Waals surface area contributed by atoms with Gasteiger partial charge in [-0.3, -0.25) is 4.79 Å². The summed E-state index contributed by atoms with van der Waals surface area (Å²) in [6.07, 6.45) is -4.78. The molecule has 4 rings (SSSR count). The molecule has 0 aliphatic heterocycles. The number of alkyl halides is 3. The molecule has 3 aromatic carbocycles. The molecule has 4 aromatic rings. The SMILES string of the molecule is Cc1c(Cc2ccc(OC(C)C(=O)O)cc2)c2ccc(C(=O)N[C@@H](C)c3cccc(C(F)(F)F)c3)cc2n1C. The van der Waals surface area contributed by atoms with Gasteiger partial charge in [0.2, 0.25) is 0 Å². The summed E-state index contributed by atoms with van der Waals surface area (Å²) in [5, 5.41) is 12.8. The van der Waals surface area contributed by atoms with Crippen LogP contribution in [0.5, 0.6) is 5.75 Å². The van der Waals surface area contributed by atoms with E-state index in [1.165, 1.54) is 13.0 Å². The zero-order valence-corrected chi connectivity index (χ0v) is 22.0. The van der Waals surface area contributed by atoms with Crippen molar-refractivity contribution in [1.29, 1.82) is 0 Å². The summed E-state index contributed by atoms with van der Waals surface area (Å²) >= 11 is 0. The van der Waals surface area contributed by atoms with E-state index in [9.17, 15) is 22.8 Å². The van der Waals surface area contributed by atoms with Crippen LogP contribution in [-0.4, -0.2) is 27.7 Å². The summed E-state index contributed by atoms with van der Waals surface area (Å²) in [6.45, 7) is 5.11. The van der Waals surface area contributed by atoms with Crippen molar-refractivity contribution in [2.45, 2.75) is 45.5 Å². The highest BCUT2D eigenvalue weighted by Gasteiger charge is 2.30. The number of carboxylic acid groups (broad SMARTS) is 1. The standard InChI is InChI=1S/C30H29F3N2O4/c1-17(21-6-5-7-23(15-21)30(31,32)33)34-28(36)22-10-13-25-26(18(2)35(4)27(25)16-22)14-20-8-11-24(12-9-20)39-19(3)29(37)38/h5-13,15-17,19H,14H2,1-4H3,(H,34,36)(H,37,38)/t17-,19?/m0/s1. The van der Waals surface area contributed by atoms with Crippen molar-refractivity contribution in [3.05, 3.63) is 100 Å². The van der Waals surface area contributed by atoms with Crippen LogP contribution in [0.3, 0.4) is 0 Å². The lowest BCUT2D eigenvalue weighted by Gasteiger charge is -2.16. The highest BCUT2D eigenvalue weighted by molar-refractivity contribution is 5.99. The van der Waals surface area contributed by atoms with Crippen molar-refractivity contribution >= 4 is 22.8 Å². The van der Waals surface area contributed by atoms with Crippen LogP contribution in [0.2, 0.25) is 0 Å². The number of aliphatic carboxylic acids is 1. The van der Waals surface area contributed by atoms with Gasteiger partial charge in [0.25, 0.3) is 5.91 Å². The first-order valence-corrected chi connectivity index (χ1v) is 12.4. The Morgan fingerprint density at radius 2 is 1.72 bits per heavy atom. The maximum atomic E-state index is 13.1. The van der Waals surface area contributed by atoms with Crippen LogP contribution < -0.4 is 10.1 Å². The van der Waals surface area contributed by atoms with Crippen molar-refractivity contribution in [2.24, 2.45) is 7.05 Å². The third-order valence-electron chi connectivity index (χ3n) is 6.91. The summed E-state index contributed by atoms with van der Waals surface area (Å²) in [7, 11) is 1.92. The van der Waals surface area contributed by atoms with Crippen LogP contribution >= 0.6 is 0 Å². The quantitative estimate of drug-likeness (QED) is 0.271.